The van der Waals surface area contributed by atoms with E-state index in [1.165, 1.54) is 0 Å². The molecule has 0 aliphatic carbocycles. The van der Waals surface area contributed by atoms with Crippen molar-refractivity contribution < 1.29 is 14.3 Å². The molecule has 0 fully saturated rings. The van der Waals surface area contributed by atoms with Crippen LogP contribution in [-0.2, 0) is 15.0 Å². The lowest BCUT2D eigenvalue weighted by Crippen LogP contribution is -2.42. The third-order valence-electron chi connectivity index (χ3n) is 6.68. The van der Waals surface area contributed by atoms with E-state index in [2.05, 4.69) is 58.1 Å². The van der Waals surface area contributed by atoms with E-state index in [9.17, 15) is 9.59 Å². The van der Waals surface area contributed by atoms with Crippen LogP contribution in [0.25, 0.3) is 5.69 Å². The standard InChI is InChI=1S/C30H38N4O3S/c1-8-15-31-24(35)17-33-25(36)18-38-27(21-11-9-10-12-23(21)37-7)26-28(30(4,5)6)32-34(29(26)33)22-14-13-19(2)16-20(22)3/h9-14,16,27H,8,15,17-18H2,1-7H3,(H,31,35). The van der Waals surface area contributed by atoms with Gasteiger partial charge >= 0.3 is 0 Å². The van der Waals surface area contributed by atoms with Crippen LogP contribution in [0.1, 0.15) is 67.3 Å². The minimum Gasteiger partial charge on any atom is -0.496 e. The van der Waals surface area contributed by atoms with Crippen LogP contribution in [0.3, 0.4) is 0 Å². The zero-order valence-electron chi connectivity index (χ0n) is 23.4. The lowest BCUT2D eigenvalue weighted by Gasteiger charge is -2.25. The monoisotopic (exact) mass is 534 g/mol. The maximum Gasteiger partial charge on any atom is 0.240 e. The number of para-hydroxylation sites is 1. The first kappa shape index (κ1) is 27.8. The number of aryl methyl sites for hydroxylation is 2. The number of benzene rings is 2. The van der Waals surface area contributed by atoms with Gasteiger partial charge in [-0.1, -0.05) is 63.6 Å². The maximum atomic E-state index is 13.8. The summed E-state index contributed by atoms with van der Waals surface area (Å²) in [5.74, 6) is 1.34. The van der Waals surface area contributed by atoms with Gasteiger partial charge in [-0.25, -0.2) is 4.68 Å². The predicted octanol–water partition coefficient (Wildman–Crippen LogP) is 5.49. The van der Waals surface area contributed by atoms with Gasteiger partial charge in [0.2, 0.25) is 11.8 Å². The van der Waals surface area contributed by atoms with Crippen LogP contribution in [0, 0.1) is 13.8 Å². The van der Waals surface area contributed by atoms with Gasteiger partial charge in [-0.3, -0.25) is 14.5 Å². The van der Waals surface area contributed by atoms with E-state index in [1.54, 1.807) is 23.8 Å². The van der Waals surface area contributed by atoms with E-state index in [0.29, 0.717) is 12.4 Å². The molecular formula is C30H38N4O3S. The third kappa shape index (κ3) is 5.46. The molecule has 1 aliphatic rings. The second kappa shape index (κ2) is 11.2. The van der Waals surface area contributed by atoms with Crippen molar-refractivity contribution in [2.45, 2.75) is 58.6 Å². The number of anilines is 1. The first-order valence-electron chi connectivity index (χ1n) is 13.1. The molecule has 0 spiro atoms. The zero-order chi connectivity index (χ0) is 27.6. The minimum atomic E-state index is -0.321. The summed E-state index contributed by atoms with van der Waals surface area (Å²) in [6, 6.07) is 14.1. The van der Waals surface area contributed by atoms with Crippen LogP contribution < -0.4 is 15.0 Å². The molecular weight excluding hydrogens is 496 g/mol. The average Bonchev–Trinajstić information content (AvgIpc) is 3.20. The third-order valence-corrected chi connectivity index (χ3v) is 7.91. The largest absolute Gasteiger partial charge is 0.496 e. The van der Waals surface area contributed by atoms with Gasteiger partial charge in [0.15, 0.2) is 0 Å². The fraction of sp³-hybridized carbons (Fsp3) is 0.433. The van der Waals surface area contributed by atoms with E-state index in [-0.39, 0.29) is 34.8 Å². The summed E-state index contributed by atoms with van der Waals surface area (Å²) < 4.78 is 7.64. The summed E-state index contributed by atoms with van der Waals surface area (Å²) in [5, 5.41) is 7.92. The topological polar surface area (TPSA) is 76.5 Å². The summed E-state index contributed by atoms with van der Waals surface area (Å²) in [6.45, 7) is 13.0. The molecule has 38 heavy (non-hydrogen) atoms. The fourth-order valence-electron chi connectivity index (χ4n) is 4.88. The maximum absolute atomic E-state index is 13.8. The first-order valence-corrected chi connectivity index (χ1v) is 14.1. The number of ether oxygens (including phenoxy) is 1. The fourth-order valence-corrected chi connectivity index (χ4v) is 6.10. The van der Waals surface area contributed by atoms with Crippen molar-refractivity contribution in [1.29, 1.82) is 0 Å². The lowest BCUT2D eigenvalue weighted by molar-refractivity contribution is -0.122. The quantitative estimate of drug-likeness (QED) is 0.434. The van der Waals surface area contributed by atoms with Crippen molar-refractivity contribution in [2.75, 3.05) is 30.9 Å². The number of fused-ring (bicyclic) bond motifs is 1. The van der Waals surface area contributed by atoms with Gasteiger partial charge in [0, 0.05) is 23.1 Å². The Morgan fingerprint density at radius 1 is 1.18 bits per heavy atom. The molecule has 1 aliphatic heterocycles. The van der Waals surface area contributed by atoms with Crippen LogP contribution in [0.2, 0.25) is 0 Å². The van der Waals surface area contributed by atoms with E-state index < -0.39 is 0 Å². The Hall–Kier alpha value is -3.26. The first-order chi connectivity index (χ1) is 18.1. The van der Waals surface area contributed by atoms with Gasteiger partial charge in [-0.2, -0.15) is 5.10 Å². The smallest absolute Gasteiger partial charge is 0.240 e. The SMILES string of the molecule is CCCNC(=O)CN1C(=O)CSC(c2ccccc2OC)c2c(C(C)(C)C)nn(-c3ccc(C)cc3C)c21. The highest BCUT2D eigenvalue weighted by molar-refractivity contribution is 8.00. The Balaban J connectivity index is 2.05. The van der Waals surface area contributed by atoms with Gasteiger partial charge in [0.25, 0.3) is 0 Å². The molecule has 0 bridgehead atoms. The average molecular weight is 535 g/mol. The number of methoxy groups -OCH3 is 1. The molecule has 0 saturated heterocycles. The van der Waals surface area contributed by atoms with Crippen LogP contribution in [-0.4, -0.2) is 47.5 Å². The van der Waals surface area contributed by atoms with Gasteiger partial charge < -0.3 is 10.1 Å². The highest BCUT2D eigenvalue weighted by Crippen LogP contribution is 2.50. The van der Waals surface area contributed by atoms with E-state index >= 15 is 0 Å². The molecule has 2 heterocycles. The molecule has 2 aromatic carbocycles. The summed E-state index contributed by atoms with van der Waals surface area (Å²) in [6.07, 6.45) is 0.825. The lowest BCUT2D eigenvalue weighted by atomic mass is 9.87. The van der Waals surface area contributed by atoms with E-state index in [0.717, 1.165) is 45.8 Å². The zero-order valence-corrected chi connectivity index (χ0v) is 24.2. The minimum absolute atomic E-state index is 0.0643. The Bertz CT molecular complexity index is 1340. The Morgan fingerprint density at radius 2 is 1.92 bits per heavy atom. The molecule has 3 aromatic rings. The van der Waals surface area contributed by atoms with Gasteiger partial charge in [-0.05, 0) is 38.0 Å². The number of carbonyl (C=O) groups excluding carboxylic acids is 2. The van der Waals surface area contributed by atoms with Crippen molar-refractivity contribution in [3.8, 4) is 11.4 Å². The highest BCUT2D eigenvalue weighted by atomic mass is 32.2. The van der Waals surface area contributed by atoms with E-state index in [4.69, 9.17) is 9.84 Å². The summed E-state index contributed by atoms with van der Waals surface area (Å²) in [4.78, 5) is 28.4. The molecule has 7 nitrogen and oxygen atoms in total. The summed E-state index contributed by atoms with van der Waals surface area (Å²) in [7, 11) is 1.67. The van der Waals surface area contributed by atoms with Crippen LogP contribution in [0.4, 0.5) is 5.82 Å². The molecule has 2 amide bonds. The van der Waals surface area contributed by atoms with Crippen molar-refractivity contribution in [2.24, 2.45) is 0 Å². The molecule has 1 aromatic heterocycles. The number of thioether (sulfide) groups is 1. The second-order valence-electron chi connectivity index (χ2n) is 10.8. The number of nitrogens with zero attached hydrogens (tertiary/aromatic N) is 3. The van der Waals surface area contributed by atoms with Crippen molar-refractivity contribution in [1.82, 2.24) is 15.1 Å². The molecule has 0 radical (unpaired) electrons. The summed E-state index contributed by atoms with van der Waals surface area (Å²) >= 11 is 1.56. The number of hydrogen-bond acceptors (Lipinski definition) is 5. The molecule has 1 atom stereocenters. The Morgan fingerprint density at radius 3 is 2.58 bits per heavy atom. The van der Waals surface area contributed by atoms with Crippen molar-refractivity contribution in [3.63, 3.8) is 0 Å². The Kier molecular flexibility index (Phi) is 8.21. The van der Waals surface area contributed by atoms with Crippen LogP contribution >= 0.6 is 11.8 Å². The van der Waals surface area contributed by atoms with E-state index in [1.807, 2.05) is 35.9 Å². The van der Waals surface area contributed by atoms with Crippen LogP contribution in [0.5, 0.6) is 5.75 Å². The predicted molar refractivity (Wildman–Crippen MR) is 155 cm³/mol. The molecule has 202 valence electrons. The summed E-state index contributed by atoms with van der Waals surface area (Å²) in [5.41, 5.74) is 5.58. The number of aromatic nitrogens is 2. The number of rotatable bonds is 7. The molecule has 8 heteroatoms. The number of hydrogen-bond donors (Lipinski definition) is 1. The number of amides is 2. The number of nitrogens with one attached hydrogen (secondary N) is 1. The molecule has 0 saturated carbocycles. The number of carbonyl (C=O) groups is 2. The normalized spacial score (nSPS) is 15.7. The van der Waals surface area contributed by atoms with Crippen molar-refractivity contribution in [3.05, 3.63) is 70.4 Å². The molecule has 1 unspecified atom stereocenters. The van der Waals surface area contributed by atoms with Gasteiger partial charge in [-0.15, -0.1) is 11.8 Å². The highest BCUT2D eigenvalue weighted by Gasteiger charge is 2.40. The van der Waals surface area contributed by atoms with Gasteiger partial charge in [0.1, 0.15) is 18.1 Å². The van der Waals surface area contributed by atoms with Crippen LogP contribution in [0.15, 0.2) is 42.5 Å². The van der Waals surface area contributed by atoms with Crippen molar-refractivity contribution >= 4 is 29.4 Å². The molecule has 1 N–H and O–H groups in total. The second-order valence-corrected chi connectivity index (χ2v) is 11.9. The Labute approximate surface area is 229 Å². The molecule has 4 rings (SSSR count). The van der Waals surface area contributed by atoms with Gasteiger partial charge in [0.05, 0.1) is 29.5 Å².